The van der Waals surface area contributed by atoms with Crippen LogP contribution in [0.2, 0.25) is 0 Å². The summed E-state index contributed by atoms with van der Waals surface area (Å²) in [5, 5.41) is 10.5. The number of aliphatic imine (C=N–C) groups is 1. The number of halogens is 1. The molecule has 29 heavy (non-hydrogen) atoms. The molecule has 7 heteroatoms. The molecular formula is C22H28IN5O. The van der Waals surface area contributed by atoms with Gasteiger partial charge in [0, 0.05) is 36.9 Å². The van der Waals surface area contributed by atoms with E-state index in [4.69, 9.17) is 0 Å². The molecule has 6 nitrogen and oxygen atoms in total. The Labute approximate surface area is 188 Å². The molecule has 0 unspecified atom stereocenters. The van der Waals surface area contributed by atoms with Crippen molar-refractivity contribution < 1.29 is 4.79 Å². The van der Waals surface area contributed by atoms with Crippen LogP contribution in [0.25, 0.3) is 10.9 Å². The zero-order valence-electron chi connectivity index (χ0n) is 16.8. The highest BCUT2D eigenvalue weighted by molar-refractivity contribution is 14.0. The van der Waals surface area contributed by atoms with E-state index in [0.717, 1.165) is 42.2 Å². The van der Waals surface area contributed by atoms with E-state index in [-0.39, 0.29) is 29.9 Å². The van der Waals surface area contributed by atoms with Gasteiger partial charge in [-0.25, -0.2) is 4.99 Å². The zero-order valence-corrected chi connectivity index (χ0v) is 19.1. The van der Waals surface area contributed by atoms with Crippen LogP contribution in [0.15, 0.2) is 59.6 Å². The van der Waals surface area contributed by atoms with Crippen molar-refractivity contribution in [2.45, 2.75) is 19.9 Å². The first-order valence-electron chi connectivity index (χ1n) is 9.59. The number of carbonyl (C=O) groups excluding carboxylic acids is 1. The molecule has 4 N–H and O–H groups in total. The van der Waals surface area contributed by atoms with E-state index in [1.807, 2.05) is 43.3 Å². The molecule has 1 heterocycles. The summed E-state index contributed by atoms with van der Waals surface area (Å²) in [6.45, 7) is 4.16. The second kappa shape index (κ2) is 11.5. The Morgan fingerprint density at radius 1 is 1.07 bits per heavy atom. The van der Waals surface area contributed by atoms with Gasteiger partial charge in [-0.15, -0.1) is 24.0 Å². The minimum atomic E-state index is -0.0666. The first-order chi connectivity index (χ1) is 13.7. The summed E-state index contributed by atoms with van der Waals surface area (Å²) in [6, 6.07) is 18.0. The van der Waals surface area contributed by atoms with E-state index >= 15 is 0 Å². The summed E-state index contributed by atoms with van der Waals surface area (Å²) in [7, 11) is 1.64. The van der Waals surface area contributed by atoms with Crippen LogP contribution in [0.1, 0.15) is 28.5 Å². The third-order valence-corrected chi connectivity index (χ3v) is 4.46. The van der Waals surface area contributed by atoms with Gasteiger partial charge in [-0.3, -0.25) is 4.79 Å². The molecule has 3 aromatic rings. The Hall–Kier alpha value is -2.55. The minimum Gasteiger partial charge on any atom is -0.357 e. The number of aromatic amines is 1. The average Bonchev–Trinajstić information content (AvgIpc) is 3.14. The Morgan fingerprint density at radius 3 is 2.66 bits per heavy atom. The molecule has 0 atom stereocenters. The Morgan fingerprint density at radius 2 is 1.90 bits per heavy atom. The van der Waals surface area contributed by atoms with Gasteiger partial charge in [-0.1, -0.05) is 30.3 Å². The van der Waals surface area contributed by atoms with Gasteiger partial charge < -0.3 is 20.9 Å². The average molecular weight is 505 g/mol. The van der Waals surface area contributed by atoms with E-state index < -0.39 is 0 Å². The van der Waals surface area contributed by atoms with Gasteiger partial charge in [0.1, 0.15) is 0 Å². The molecule has 2 aromatic carbocycles. The van der Waals surface area contributed by atoms with Crippen LogP contribution >= 0.6 is 24.0 Å². The largest absolute Gasteiger partial charge is 0.357 e. The SMILES string of the molecule is CCNC(=NCc1cc2ccccc2[nH]1)NCCc1cccc(C(=O)NC)c1.I. The lowest BCUT2D eigenvalue weighted by atomic mass is 10.1. The van der Waals surface area contributed by atoms with Crippen LogP contribution in [-0.2, 0) is 13.0 Å². The molecule has 1 amide bonds. The predicted octanol–water partition coefficient (Wildman–Crippen LogP) is 3.44. The van der Waals surface area contributed by atoms with Crippen molar-refractivity contribution in [3.05, 3.63) is 71.4 Å². The molecular weight excluding hydrogens is 477 g/mol. The molecule has 154 valence electrons. The Bertz CT molecular complexity index is 934. The van der Waals surface area contributed by atoms with Crippen LogP contribution in [-0.4, -0.2) is 37.0 Å². The highest BCUT2D eigenvalue weighted by Crippen LogP contribution is 2.15. The zero-order chi connectivity index (χ0) is 19.8. The number of nitrogens with zero attached hydrogens (tertiary/aromatic N) is 1. The number of aromatic nitrogens is 1. The van der Waals surface area contributed by atoms with E-state index in [9.17, 15) is 4.79 Å². The van der Waals surface area contributed by atoms with E-state index in [1.54, 1.807) is 7.05 Å². The summed E-state index contributed by atoms with van der Waals surface area (Å²) in [4.78, 5) is 19.8. The lowest BCUT2D eigenvalue weighted by molar-refractivity contribution is 0.0963. The van der Waals surface area contributed by atoms with Crippen molar-refractivity contribution in [1.82, 2.24) is 20.9 Å². The monoisotopic (exact) mass is 505 g/mol. The molecule has 0 saturated carbocycles. The summed E-state index contributed by atoms with van der Waals surface area (Å²) in [6.07, 6.45) is 0.807. The molecule has 1 aromatic heterocycles. The quantitative estimate of drug-likeness (QED) is 0.226. The normalized spacial score (nSPS) is 11.0. The molecule has 0 aliphatic heterocycles. The van der Waals surface area contributed by atoms with Crippen LogP contribution in [0, 0.1) is 0 Å². The maximum Gasteiger partial charge on any atom is 0.251 e. The van der Waals surface area contributed by atoms with Crippen molar-refractivity contribution in [3.63, 3.8) is 0 Å². The summed E-state index contributed by atoms with van der Waals surface area (Å²) in [5.74, 6) is 0.714. The maximum atomic E-state index is 11.8. The number of para-hydroxylation sites is 1. The lowest BCUT2D eigenvalue weighted by Crippen LogP contribution is -2.38. The molecule has 0 aliphatic carbocycles. The molecule has 0 bridgehead atoms. The number of hydrogen-bond acceptors (Lipinski definition) is 2. The van der Waals surface area contributed by atoms with Gasteiger partial charge >= 0.3 is 0 Å². The second-order valence-corrected chi connectivity index (χ2v) is 6.53. The van der Waals surface area contributed by atoms with Crippen LogP contribution in [0.5, 0.6) is 0 Å². The number of benzene rings is 2. The van der Waals surface area contributed by atoms with Gasteiger partial charge in [-0.2, -0.15) is 0 Å². The summed E-state index contributed by atoms with van der Waals surface area (Å²) in [5.41, 5.74) is 4.00. The highest BCUT2D eigenvalue weighted by Gasteiger charge is 2.04. The van der Waals surface area contributed by atoms with E-state index in [2.05, 4.69) is 44.1 Å². The van der Waals surface area contributed by atoms with E-state index in [0.29, 0.717) is 12.1 Å². The van der Waals surface area contributed by atoms with Crippen LogP contribution in [0.4, 0.5) is 0 Å². The number of guanidine groups is 1. The minimum absolute atomic E-state index is 0. The van der Waals surface area contributed by atoms with Crippen molar-refractivity contribution >= 4 is 46.7 Å². The fourth-order valence-electron chi connectivity index (χ4n) is 3.06. The van der Waals surface area contributed by atoms with Crippen LogP contribution < -0.4 is 16.0 Å². The lowest BCUT2D eigenvalue weighted by Gasteiger charge is -2.11. The van der Waals surface area contributed by atoms with Crippen molar-refractivity contribution in [1.29, 1.82) is 0 Å². The molecule has 0 radical (unpaired) electrons. The molecule has 0 fully saturated rings. The van der Waals surface area contributed by atoms with Gasteiger partial charge in [0.15, 0.2) is 5.96 Å². The van der Waals surface area contributed by atoms with Crippen molar-refractivity contribution in [3.8, 4) is 0 Å². The van der Waals surface area contributed by atoms with Crippen molar-refractivity contribution in [2.75, 3.05) is 20.1 Å². The number of fused-ring (bicyclic) bond motifs is 1. The third kappa shape index (κ3) is 6.49. The Balaban J connectivity index is 0.00000300. The Kier molecular flexibility index (Phi) is 8.98. The first kappa shape index (κ1) is 22.7. The predicted molar refractivity (Wildman–Crippen MR) is 130 cm³/mol. The second-order valence-electron chi connectivity index (χ2n) is 6.53. The summed E-state index contributed by atoms with van der Waals surface area (Å²) >= 11 is 0. The summed E-state index contributed by atoms with van der Waals surface area (Å²) < 4.78 is 0. The van der Waals surface area contributed by atoms with E-state index in [1.165, 1.54) is 5.39 Å². The molecule has 0 saturated heterocycles. The molecule has 3 rings (SSSR count). The fourth-order valence-corrected chi connectivity index (χ4v) is 3.06. The first-order valence-corrected chi connectivity index (χ1v) is 9.59. The van der Waals surface area contributed by atoms with Gasteiger partial charge in [0.2, 0.25) is 0 Å². The number of amides is 1. The number of H-pyrrole nitrogens is 1. The smallest absolute Gasteiger partial charge is 0.251 e. The van der Waals surface area contributed by atoms with Crippen LogP contribution in [0.3, 0.4) is 0 Å². The third-order valence-electron chi connectivity index (χ3n) is 4.46. The standard InChI is InChI=1S/C22H27N5O.HI/c1-3-24-22(26-15-19-14-17-8-4-5-10-20(17)27-19)25-12-11-16-7-6-9-18(13-16)21(28)23-2;/h4-10,13-14,27H,3,11-12,15H2,1-2H3,(H,23,28)(H2,24,25,26);1H. The number of rotatable bonds is 7. The van der Waals surface area contributed by atoms with Crippen molar-refractivity contribution in [2.24, 2.45) is 4.99 Å². The molecule has 0 aliphatic rings. The van der Waals surface area contributed by atoms with Gasteiger partial charge in [0.05, 0.1) is 6.54 Å². The van der Waals surface area contributed by atoms with Gasteiger partial charge in [-0.05, 0) is 48.6 Å². The topological polar surface area (TPSA) is 81.3 Å². The number of nitrogens with one attached hydrogen (secondary N) is 4. The maximum absolute atomic E-state index is 11.8. The fraction of sp³-hybridized carbons (Fsp3) is 0.273. The molecule has 0 spiro atoms. The number of carbonyl (C=O) groups is 1. The highest BCUT2D eigenvalue weighted by atomic mass is 127. The van der Waals surface area contributed by atoms with Gasteiger partial charge in [0.25, 0.3) is 5.91 Å². The number of hydrogen-bond donors (Lipinski definition) is 4.